The van der Waals surface area contributed by atoms with Crippen LogP contribution in [-0.2, 0) is 4.79 Å². The van der Waals surface area contributed by atoms with E-state index in [1.54, 1.807) is 12.3 Å². The van der Waals surface area contributed by atoms with Crippen LogP contribution in [0.25, 0.3) is 0 Å². The quantitative estimate of drug-likeness (QED) is 0.591. The predicted molar refractivity (Wildman–Crippen MR) is 42.4 cm³/mol. The van der Waals surface area contributed by atoms with Gasteiger partial charge in [0.1, 0.15) is 0 Å². The van der Waals surface area contributed by atoms with E-state index in [2.05, 4.69) is 11.9 Å². The first-order valence-corrected chi connectivity index (χ1v) is 3.28. The molecule has 2 nitrogen and oxygen atoms in total. The van der Waals surface area contributed by atoms with Gasteiger partial charge in [-0.05, 0) is 12.5 Å². The lowest BCUT2D eigenvalue weighted by Gasteiger charge is -1.92. The number of nitrogens with one attached hydrogen (secondary N) is 1. The highest BCUT2D eigenvalue weighted by Gasteiger charge is 1.83. The maximum Gasteiger partial charge on any atom is 0.220 e. The van der Waals surface area contributed by atoms with Gasteiger partial charge in [-0.25, -0.2) is 0 Å². The van der Waals surface area contributed by atoms with Crippen LogP contribution in [0.1, 0.15) is 20.3 Å². The van der Waals surface area contributed by atoms with E-state index in [0.717, 1.165) is 12.0 Å². The van der Waals surface area contributed by atoms with E-state index in [-0.39, 0.29) is 5.91 Å². The molecule has 56 valence electrons. The second kappa shape index (κ2) is 4.79. The van der Waals surface area contributed by atoms with Gasteiger partial charge in [0.05, 0.1) is 0 Å². The van der Waals surface area contributed by atoms with E-state index in [0.29, 0.717) is 0 Å². The lowest BCUT2D eigenvalue weighted by atomic mass is 10.2. The molecule has 2 heteroatoms. The fourth-order valence-corrected chi connectivity index (χ4v) is 0.395. The molecule has 0 aliphatic heterocycles. The Morgan fingerprint density at radius 3 is 2.70 bits per heavy atom. The molecule has 0 bridgehead atoms. The monoisotopic (exact) mass is 139 g/mol. The highest BCUT2D eigenvalue weighted by atomic mass is 16.1. The topological polar surface area (TPSA) is 29.1 Å². The first-order chi connectivity index (χ1) is 4.66. The van der Waals surface area contributed by atoms with Crippen molar-refractivity contribution in [2.24, 2.45) is 0 Å². The summed E-state index contributed by atoms with van der Waals surface area (Å²) in [7, 11) is 0. The molecule has 0 atom stereocenters. The summed E-state index contributed by atoms with van der Waals surface area (Å²) in [5.41, 5.74) is 1.01. The Morgan fingerprint density at radius 2 is 2.30 bits per heavy atom. The maximum absolute atomic E-state index is 10.3. The van der Waals surface area contributed by atoms with Crippen LogP contribution in [0.3, 0.4) is 0 Å². The lowest BCUT2D eigenvalue weighted by Crippen LogP contribution is -2.11. The van der Waals surface area contributed by atoms with Crippen LogP contribution in [0.2, 0.25) is 0 Å². The van der Waals surface area contributed by atoms with Crippen molar-refractivity contribution < 1.29 is 4.79 Å². The molecule has 0 spiro atoms. The molecule has 1 N–H and O–H groups in total. The van der Waals surface area contributed by atoms with Crippen LogP contribution >= 0.6 is 0 Å². The Bertz CT molecular complexity index is 159. The van der Waals surface area contributed by atoms with E-state index in [4.69, 9.17) is 0 Å². The lowest BCUT2D eigenvalue weighted by molar-refractivity contribution is -0.118. The Hall–Kier alpha value is -1.05. The average molecular weight is 139 g/mol. The van der Waals surface area contributed by atoms with Gasteiger partial charge < -0.3 is 5.32 Å². The second-order valence-corrected chi connectivity index (χ2v) is 2.05. The van der Waals surface area contributed by atoms with Gasteiger partial charge in [-0.15, -0.1) is 0 Å². The van der Waals surface area contributed by atoms with E-state index >= 15 is 0 Å². The normalized spacial score (nSPS) is 9.80. The van der Waals surface area contributed by atoms with Crippen LogP contribution in [0.5, 0.6) is 0 Å². The summed E-state index contributed by atoms with van der Waals surface area (Å²) >= 11 is 0. The van der Waals surface area contributed by atoms with Crippen molar-refractivity contribution in [3.8, 4) is 0 Å². The standard InChI is InChI=1S/C8H13NO/c1-4-7(2)5-6-9-8(3)10/h5-6H,2,4H2,1,3H3,(H,9,10). The molecule has 0 aliphatic carbocycles. The predicted octanol–water partition coefficient (Wildman–Crippen LogP) is 1.60. The van der Waals surface area contributed by atoms with Gasteiger partial charge in [0.25, 0.3) is 0 Å². The summed E-state index contributed by atoms with van der Waals surface area (Å²) in [5, 5.41) is 2.53. The van der Waals surface area contributed by atoms with E-state index in [1.165, 1.54) is 6.92 Å². The van der Waals surface area contributed by atoms with Gasteiger partial charge in [-0.2, -0.15) is 0 Å². The molecule has 0 heterocycles. The molecule has 0 saturated heterocycles. The number of carbonyl (C=O) groups is 1. The minimum Gasteiger partial charge on any atom is -0.333 e. The van der Waals surface area contributed by atoms with Gasteiger partial charge in [0, 0.05) is 13.1 Å². The molecule has 0 fully saturated rings. The van der Waals surface area contributed by atoms with Crippen LogP contribution in [0.4, 0.5) is 0 Å². The Balaban J connectivity index is 3.56. The third-order valence-electron chi connectivity index (χ3n) is 1.06. The van der Waals surface area contributed by atoms with Crippen molar-refractivity contribution in [2.75, 3.05) is 0 Å². The van der Waals surface area contributed by atoms with Crippen LogP contribution in [-0.4, -0.2) is 5.91 Å². The summed E-state index contributed by atoms with van der Waals surface area (Å²) in [4.78, 5) is 10.3. The summed E-state index contributed by atoms with van der Waals surface area (Å²) in [6.45, 7) is 7.22. The van der Waals surface area contributed by atoms with E-state index in [1.807, 2.05) is 6.92 Å². The third kappa shape index (κ3) is 5.09. The Labute approximate surface area is 61.6 Å². The molecule has 0 radical (unpaired) electrons. The first-order valence-electron chi connectivity index (χ1n) is 3.28. The van der Waals surface area contributed by atoms with Gasteiger partial charge in [-0.3, -0.25) is 4.79 Å². The molecule has 0 saturated carbocycles. The Kier molecular flexibility index (Phi) is 4.29. The van der Waals surface area contributed by atoms with Crippen molar-refractivity contribution in [2.45, 2.75) is 20.3 Å². The molecule has 0 aromatic carbocycles. The summed E-state index contributed by atoms with van der Waals surface area (Å²) in [6.07, 6.45) is 4.31. The number of rotatable bonds is 3. The highest BCUT2D eigenvalue weighted by Crippen LogP contribution is 1.95. The van der Waals surface area contributed by atoms with E-state index in [9.17, 15) is 4.79 Å². The fraction of sp³-hybridized carbons (Fsp3) is 0.375. The molecule has 0 unspecified atom stereocenters. The molecule has 1 amide bonds. The second-order valence-electron chi connectivity index (χ2n) is 2.05. The number of allylic oxidation sites excluding steroid dienone is 2. The van der Waals surface area contributed by atoms with Crippen molar-refractivity contribution in [1.29, 1.82) is 0 Å². The molecular weight excluding hydrogens is 126 g/mol. The summed E-state index contributed by atoms with van der Waals surface area (Å²) < 4.78 is 0. The molecule has 0 aromatic heterocycles. The number of carbonyl (C=O) groups excluding carboxylic acids is 1. The van der Waals surface area contributed by atoms with Crippen molar-refractivity contribution in [3.63, 3.8) is 0 Å². The average Bonchev–Trinajstić information content (AvgIpc) is 1.87. The molecular formula is C8H13NO. The molecule has 0 rings (SSSR count). The van der Waals surface area contributed by atoms with Crippen LogP contribution in [0.15, 0.2) is 24.4 Å². The van der Waals surface area contributed by atoms with Crippen molar-refractivity contribution >= 4 is 5.91 Å². The molecule has 0 aliphatic rings. The van der Waals surface area contributed by atoms with Crippen LogP contribution < -0.4 is 5.32 Å². The zero-order chi connectivity index (χ0) is 7.98. The Morgan fingerprint density at radius 1 is 1.70 bits per heavy atom. The van der Waals surface area contributed by atoms with Gasteiger partial charge in [0.15, 0.2) is 0 Å². The zero-order valence-electron chi connectivity index (χ0n) is 6.48. The van der Waals surface area contributed by atoms with Gasteiger partial charge >= 0.3 is 0 Å². The molecule has 0 aromatic rings. The SMILES string of the molecule is C=C(C=CNC(C)=O)CC. The molecule has 10 heavy (non-hydrogen) atoms. The van der Waals surface area contributed by atoms with E-state index < -0.39 is 0 Å². The fourth-order valence-electron chi connectivity index (χ4n) is 0.395. The summed E-state index contributed by atoms with van der Waals surface area (Å²) in [5.74, 6) is -0.0554. The third-order valence-corrected chi connectivity index (χ3v) is 1.06. The van der Waals surface area contributed by atoms with Gasteiger partial charge in [0.2, 0.25) is 5.91 Å². The maximum atomic E-state index is 10.3. The summed E-state index contributed by atoms with van der Waals surface area (Å²) in [6, 6.07) is 0. The van der Waals surface area contributed by atoms with Crippen molar-refractivity contribution in [3.05, 3.63) is 24.4 Å². The minimum atomic E-state index is -0.0554. The van der Waals surface area contributed by atoms with Crippen molar-refractivity contribution in [1.82, 2.24) is 5.32 Å². The number of amides is 1. The largest absolute Gasteiger partial charge is 0.333 e. The highest BCUT2D eigenvalue weighted by molar-refractivity contribution is 5.73. The smallest absolute Gasteiger partial charge is 0.220 e. The van der Waals surface area contributed by atoms with Gasteiger partial charge in [-0.1, -0.05) is 19.1 Å². The number of hydrogen-bond acceptors (Lipinski definition) is 1. The number of hydrogen-bond donors (Lipinski definition) is 1. The zero-order valence-corrected chi connectivity index (χ0v) is 6.48. The minimum absolute atomic E-state index is 0.0554. The first kappa shape index (κ1) is 8.95. The van der Waals surface area contributed by atoms with Crippen LogP contribution in [0, 0.1) is 0 Å².